The van der Waals surface area contributed by atoms with Gasteiger partial charge in [0.15, 0.2) is 5.78 Å². The molecule has 5 heteroatoms. The van der Waals surface area contributed by atoms with Crippen LogP contribution in [0.3, 0.4) is 0 Å². The number of carbonyl (C=O) groups is 1. The number of hydrogen-bond donors (Lipinski definition) is 2. The van der Waals surface area contributed by atoms with Crippen LogP contribution < -0.4 is 20.9 Å². The molecule has 48 heavy (non-hydrogen) atoms. The summed E-state index contributed by atoms with van der Waals surface area (Å²) in [6, 6.07) is 42.8. The highest BCUT2D eigenvalue weighted by atomic mass is 16.5. The van der Waals surface area contributed by atoms with E-state index in [2.05, 4.69) is 50.2 Å². The molecule has 0 saturated carbocycles. The van der Waals surface area contributed by atoms with E-state index >= 15 is 0 Å². The minimum absolute atomic E-state index is 0.0777. The van der Waals surface area contributed by atoms with Crippen molar-refractivity contribution in [1.82, 2.24) is 0 Å². The van der Waals surface area contributed by atoms with Crippen molar-refractivity contribution >= 4 is 17.2 Å². The lowest BCUT2D eigenvalue weighted by atomic mass is 9.91. The van der Waals surface area contributed by atoms with Gasteiger partial charge in [-0.05, 0) is 132 Å². The largest absolute Gasteiger partial charge is 0.457 e. The summed E-state index contributed by atoms with van der Waals surface area (Å²) in [7, 11) is 0. The predicted octanol–water partition coefficient (Wildman–Crippen LogP) is 10.6. The summed E-state index contributed by atoms with van der Waals surface area (Å²) < 4.78 is 12.3. The number of carbonyl (C=O) groups excluding carboxylic acids is 1. The molecule has 0 aliphatic rings. The highest BCUT2D eigenvalue weighted by Gasteiger charge is 2.15. The minimum atomic E-state index is -0.0777. The topological polar surface area (TPSA) is 87.6 Å². The first-order chi connectivity index (χ1) is 23.1. The fraction of sp³-hybridized carbons (Fsp3) is 0.140. The number of anilines is 2. The summed E-state index contributed by atoms with van der Waals surface area (Å²) in [4.78, 5) is 13.3. The summed E-state index contributed by atoms with van der Waals surface area (Å²) >= 11 is 0. The molecule has 2 atom stereocenters. The van der Waals surface area contributed by atoms with Gasteiger partial charge < -0.3 is 20.9 Å². The van der Waals surface area contributed by atoms with Crippen molar-refractivity contribution in [3.05, 3.63) is 178 Å². The maximum absolute atomic E-state index is 13.3. The first-order valence-corrected chi connectivity index (χ1v) is 16.2. The summed E-state index contributed by atoms with van der Waals surface area (Å²) in [5.41, 5.74) is 22.0. The summed E-state index contributed by atoms with van der Waals surface area (Å²) in [5.74, 6) is 2.89. The Bertz CT molecular complexity index is 1920. The van der Waals surface area contributed by atoms with E-state index in [1.165, 1.54) is 0 Å². The van der Waals surface area contributed by atoms with E-state index in [0.717, 1.165) is 56.3 Å². The second-order valence-corrected chi connectivity index (χ2v) is 12.4. The Labute approximate surface area is 282 Å². The summed E-state index contributed by atoms with van der Waals surface area (Å²) in [6.07, 6.45) is 0. The van der Waals surface area contributed by atoms with Crippen LogP contribution in [0.25, 0.3) is 0 Å². The number of rotatable bonds is 10. The van der Waals surface area contributed by atoms with Crippen LogP contribution in [0.4, 0.5) is 11.4 Å². The number of benzene rings is 6. The lowest BCUT2D eigenvalue weighted by Gasteiger charge is -2.17. The smallest absolute Gasteiger partial charge is 0.193 e. The Kier molecular flexibility index (Phi) is 9.31. The van der Waals surface area contributed by atoms with Crippen LogP contribution in [0.1, 0.15) is 75.0 Å². The van der Waals surface area contributed by atoms with Gasteiger partial charge in [-0.1, -0.05) is 62.4 Å². The SMILES string of the molecule is Cc1ccc(C(C)c2cccc(Oc3ccc(C(=O)c4ccc(Oc5cccc(C(C)c6ccc(C)cc6N)c5)cc4)cc3)c2)c(N)c1. The molecular formula is C43H40N2O3. The molecule has 0 bridgehead atoms. The summed E-state index contributed by atoms with van der Waals surface area (Å²) in [5, 5.41) is 0. The van der Waals surface area contributed by atoms with E-state index in [0.29, 0.717) is 22.6 Å². The normalized spacial score (nSPS) is 12.2. The van der Waals surface area contributed by atoms with Crippen LogP contribution in [-0.2, 0) is 0 Å². The Morgan fingerprint density at radius 2 is 0.896 bits per heavy atom. The maximum atomic E-state index is 13.3. The molecule has 4 N–H and O–H groups in total. The van der Waals surface area contributed by atoms with Crippen molar-refractivity contribution in [1.29, 1.82) is 0 Å². The van der Waals surface area contributed by atoms with E-state index in [-0.39, 0.29) is 17.6 Å². The van der Waals surface area contributed by atoms with Gasteiger partial charge in [-0.15, -0.1) is 0 Å². The van der Waals surface area contributed by atoms with Crippen molar-refractivity contribution in [2.45, 2.75) is 39.5 Å². The summed E-state index contributed by atoms with van der Waals surface area (Å²) in [6.45, 7) is 8.36. The second-order valence-electron chi connectivity index (χ2n) is 12.4. The average molecular weight is 633 g/mol. The molecule has 6 aromatic rings. The predicted molar refractivity (Wildman–Crippen MR) is 196 cm³/mol. The van der Waals surface area contributed by atoms with Crippen LogP contribution in [0, 0.1) is 13.8 Å². The van der Waals surface area contributed by atoms with E-state index in [4.69, 9.17) is 20.9 Å². The highest BCUT2D eigenvalue weighted by molar-refractivity contribution is 6.09. The van der Waals surface area contributed by atoms with Crippen LogP contribution >= 0.6 is 0 Å². The van der Waals surface area contributed by atoms with Crippen molar-refractivity contribution in [2.24, 2.45) is 0 Å². The standard InChI is InChI=1S/C43H40N2O3/c1-27-11-21-39(41(44)23-27)29(3)33-7-5-9-37(25-33)47-35-17-13-31(14-18-35)43(46)32-15-19-36(20-16-32)48-38-10-6-8-34(26-38)30(4)40-22-12-28(2)24-42(40)45/h5-26,29-30H,44-45H2,1-4H3. The molecule has 0 amide bonds. The molecule has 0 aliphatic carbocycles. The lowest BCUT2D eigenvalue weighted by molar-refractivity contribution is 0.103. The molecule has 0 aliphatic heterocycles. The quantitative estimate of drug-likeness (QED) is 0.116. The number of ketones is 1. The molecule has 0 heterocycles. The van der Waals surface area contributed by atoms with Crippen molar-refractivity contribution in [3.63, 3.8) is 0 Å². The fourth-order valence-electron chi connectivity index (χ4n) is 6.02. The van der Waals surface area contributed by atoms with Crippen LogP contribution in [-0.4, -0.2) is 5.78 Å². The Balaban J connectivity index is 1.09. The number of aryl methyl sites for hydroxylation is 2. The number of nitrogen functional groups attached to an aromatic ring is 2. The molecule has 0 radical (unpaired) electrons. The Morgan fingerprint density at radius 1 is 0.500 bits per heavy atom. The van der Waals surface area contributed by atoms with E-state index in [1.54, 1.807) is 24.3 Å². The molecule has 5 nitrogen and oxygen atoms in total. The van der Waals surface area contributed by atoms with Gasteiger partial charge in [0, 0.05) is 34.3 Å². The molecule has 6 aromatic carbocycles. The van der Waals surface area contributed by atoms with Gasteiger partial charge in [0.2, 0.25) is 0 Å². The lowest BCUT2D eigenvalue weighted by Crippen LogP contribution is -2.02. The average Bonchev–Trinajstić information content (AvgIpc) is 3.08. The van der Waals surface area contributed by atoms with Gasteiger partial charge in [0.05, 0.1) is 0 Å². The Hall–Kier alpha value is -5.81. The second kappa shape index (κ2) is 13.9. The van der Waals surface area contributed by atoms with Gasteiger partial charge in [-0.25, -0.2) is 0 Å². The van der Waals surface area contributed by atoms with Gasteiger partial charge in [-0.2, -0.15) is 0 Å². The minimum Gasteiger partial charge on any atom is -0.457 e. The molecule has 2 unspecified atom stereocenters. The molecule has 240 valence electrons. The first kappa shape index (κ1) is 32.1. The number of nitrogens with two attached hydrogens (primary N) is 2. The van der Waals surface area contributed by atoms with E-state index in [1.807, 2.05) is 86.6 Å². The third-order valence-corrected chi connectivity index (χ3v) is 8.84. The zero-order valence-electron chi connectivity index (χ0n) is 27.7. The third-order valence-electron chi connectivity index (χ3n) is 8.84. The first-order valence-electron chi connectivity index (χ1n) is 16.2. The van der Waals surface area contributed by atoms with Crippen LogP contribution in [0.2, 0.25) is 0 Å². The van der Waals surface area contributed by atoms with Gasteiger partial charge >= 0.3 is 0 Å². The number of hydrogen-bond acceptors (Lipinski definition) is 5. The third kappa shape index (κ3) is 7.26. The van der Waals surface area contributed by atoms with Crippen molar-refractivity contribution in [2.75, 3.05) is 11.5 Å². The highest BCUT2D eigenvalue weighted by Crippen LogP contribution is 2.34. The van der Waals surface area contributed by atoms with Crippen LogP contribution in [0.5, 0.6) is 23.0 Å². The van der Waals surface area contributed by atoms with E-state index < -0.39 is 0 Å². The van der Waals surface area contributed by atoms with Crippen molar-refractivity contribution < 1.29 is 14.3 Å². The number of ether oxygens (including phenoxy) is 2. The van der Waals surface area contributed by atoms with Crippen molar-refractivity contribution in [3.8, 4) is 23.0 Å². The molecule has 0 fully saturated rings. The molecule has 6 rings (SSSR count). The molecule has 0 spiro atoms. The van der Waals surface area contributed by atoms with Gasteiger partial charge in [-0.3, -0.25) is 4.79 Å². The zero-order valence-corrected chi connectivity index (χ0v) is 27.7. The van der Waals surface area contributed by atoms with Gasteiger partial charge in [0.25, 0.3) is 0 Å². The van der Waals surface area contributed by atoms with Gasteiger partial charge in [0.1, 0.15) is 23.0 Å². The Morgan fingerprint density at radius 3 is 1.27 bits per heavy atom. The molecule has 0 saturated heterocycles. The fourth-order valence-corrected chi connectivity index (χ4v) is 6.02. The zero-order chi connectivity index (χ0) is 33.8. The molecular weight excluding hydrogens is 592 g/mol. The molecule has 0 aromatic heterocycles. The van der Waals surface area contributed by atoms with Crippen LogP contribution in [0.15, 0.2) is 133 Å². The monoisotopic (exact) mass is 632 g/mol. The van der Waals surface area contributed by atoms with E-state index in [9.17, 15) is 4.79 Å². The maximum Gasteiger partial charge on any atom is 0.193 e.